The summed E-state index contributed by atoms with van der Waals surface area (Å²) >= 11 is 0. The van der Waals surface area contributed by atoms with Crippen molar-refractivity contribution in [3.05, 3.63) is 35.5 Å². The Bertz CT molecular complexity index is 1050. The van der Waals surface area contributed by atoms with Crippen molar-refractivity contribution in [2.75, 3.05) is 18.5 Å². The number of fused-ring (bicyclic) bond motifs is 1. The van der Waals surface area contributed by atoms with Crippen LogP contribution >= 0.6 is 0 Å². The van der Waals surface area contributed by atoms with Crippen molar-refractivity contribution < 1.29 is 14.4 Å². The average Bonchev–Trinajstić information content (AvgIpc) is 3.15. The maximum Gasteiger partial charge on any atom is 0.273 e. The van der Waals surface area contributed by atoms with Crippen LogP contribution in [0.3, 0.4) is 0 Å². The molecule has 2 N–H and O–H groups in total. The number of amides is 3. The summed E-state index contributed by atoms with van der Waals surface area (Å²) in [5.41, 5.74) is 2.43. The van der Waals surface area contributed by atoms with Crippen molar-refractivity contribution >= 4 is 23.4 Å². The molecule has 1 atom stereocenters. The number of nitriles is 1. The minimum Gasteiger partial charge on any atom is -0.339 e. The third kappa shape index (κ3) is 4.17. The molecular weight excluding hydrogens is 384 g/mol. The van der Waals surface area contributed by atoms with Crippen molar-refractivity contribution in [1.29, 1.82) is 5.26 Å². The van der Waals surface area contributed by atoms with Gasteiger partial charge in [0, 0.05) is 24.9 Å². The Balaban J connectivity index is 1.99. The van der Waals surface area contributed by atoms with Gasteiger partial charge < -0.3 is 15.5 Å². The van der Waals surface area contributed by atoms with Gasteiger partial charge >= 0.3 is 0 Å². The van der Waals surface area contributed by atoms with Crippen LogP contribution in [-0.4, -0.2) is 45.6 Å². The SMILES string of the molecule is CC(=O)NCN1C[C@H](C)n2nc(-c3ccc(C#N)cc3NC(=O)C(C)C)cc2C1=O. The van der Waals surface area contributed by atoms with Crippen LogP contribution in [0.2, 0.25) is 0 Å². The molecule has 0 bridgehead atoms. The van der Waals surface area contributed by atoms with Gasteiger partial charge in [-0.2, -0.15) is 10.4 Å². The zero-order valence-electron chi connectivity index (χ0n) is 17.4. The third-order valence-corrected chi connectivity index (χ3v) is 4.87. The van der Waals surface area contributed by atoms with E-state index >= 15 is 0 Å². The van der Waals surface area contributed by atoms with Crippen molar-refractivity contribution in [3.8, 4) is 17.3 Å². The monoisotopic (exact) mass is 408 g/mol. The van der Waals surface area contributed by atoms with Crippen molar-refractivity contribution in [2.45, 2.75) is 33.7 Å². The Labute approximate surface area is 174 Å². The van der Waals surface area contributed by atoms with Crippen LogP contribution in [-0.2, 0) is 9.59 Å². The quantitative estimate of drug-likeness (QED) is 0.785. The fourth-order valence-corrected chi connectivity index (χ4v) is 3.22. The van der Waals surface area contributed by atoms with Gasteiger partial charge in [-0.25, -0.2) is 0 Å². The van der Waals surface area contributed by atoms with Gasteiger partial charge in [0.1, 0.15) is 5.69 Å². The number of hydrogen-bond donors (Lipinski definition) is 2. The second-order valence-electron chi connectivity index (χ2n) is 7.64. The van der Waals surface area contributed by atoms with E-state index in [9.17, 15) is 19.6 Å². The highest BCUT2D eigenvalue weighted by Gasteiger charge is 2.31. The highest BCUT2D eigenvalue weighted by molar-refractivity contribution is 5.98. The average molecular weight is 408 g/mol. The van der Waals surface area contributed by atoms with Crippen LogP contribution in [0.5, 0.6) is 0 Å². The second kappa shape index (κ2) is 8.37. The molecule has 0 unspecified atom stereocenters. The first-order chi connectivity index (χ1) is 14.2. The van der Waals surface area contributed by atoms with Crippen molar-refractivity contribution in [3.63, 3.8) is 0 Å². The van der Waals surface area contributed by atoms with Gasteiger partial charge in [-0.1, -0.05) is 13.8 Å². The molecule has 1 aliphatic rings. The zero-order chi connectivity index (χ0) is 22.0. The van der Waals surface area contributed by atoms with E-state index < -0.39 is 0 Å². The summed E-state index contributed by atoms with van der Waals surface area (Å²) in [6.45, 7) is 7.44. The lowest BCUT2D eigenvalue weighted by molar-refractivity contribution is -0.120. The first-order valence-corrected chi connectivity index (χ1v) is 9.70. The molecule has 1 aromatic carbocycles. The lowest BCUT2D eigenvalue weighted by Crippen LogP contribution is -2.47. The van der Waals surface area contributed by atoms with Gasteiger partial charge in [0.15, 0.2) is 0 Å². The van der Waals surface area contributed by atoms with E-state index in [4.69, 9.17) is 0 Å². The molecule has 0 aliphatic carbocycles. The maximum atomic E-state index is 12.9. The van der Waals surface area contributed by atoms with Gasteiger partial charge in [0.25, 0.3) is 5.91 Å². The Kier molecular flexibility index (Phi) is 5.87. The minimum atomic E-state index is -0.234. The molecule has 0 saturated heterocycles. The third-order valence-electron chi connectivity index (χ3n) is 4.87. The number of carbonyl (C=O) groups excluding carboxylic acids is 3. The zero-order valence-corrected chi connectivity index (χ0v) is 17.4. The van der Waals surface area contributed by atoms with Crippen LogP contribution < -0.4 is 10.6 Å². The highest BCUT2D eigenvalue weighted by Crippen LogP contribution is 2.32. The smallest absolute Gasteiger partial charge is 0.273 e. The summed E-state index contributed by atoms with van der Waals surface area (Å²) in [4.78, 5) is 37.9. The second-order valence-corrected chi connectivity index (χ2v) is 7.64. The summed E-state index contributed by atoms with van der Waals surface area (Å²) in [5.74, 6) is -0.857. The predicted molar refractivity (Wildman–Crippen MR) is 110 cm³/mol. The number of nitrogens with one attached hydrogen (secondary N) is 2. The van der Waals surface area contributed by atoms with Crippen molar-refractivity contribution in [1.82, 2.24) is 20.0 Å². The van der Waals surface area contributed by atoms with E-state index in [1.807, 2.05) is 6.92 Å². The molecule has 3 rings (SSSR count). The summed E-state index contributed by atoms with van der Waals surface area (Å²) < 4.78 is 1.66. The normalized spacial score (nSPS) is 15.5. The Morgan fingerprint density at radius 1 is 1.33 bits per heavy atom. The molecule has 156 valence electrons. The summed E-state index contributed by atoms with van der Waals surface area (Å²) in [6, 6.07) is 8.61. The van der Waals surface area contributed by atoms with Crippen LogP contribution in [0.15, 0.2) is 24.3 Å². The van der Waals surface area contributed by atoms with Crippen LogP contribution in [0.25, 0.3) is 11.3 Å². The van der Waals surface area contributed by atoms with E-state index in [2.05, 4.69) is 21.8 Å². The largest absolute Gasteiger partial charge is 0.339 e. The molecule has 2 aromatic rings. The van der Waals surface area contributed by atoms with E-state index in [0.29, 0.717) is 34.7 Å². The molecule has 30 heavy (non-hydrogen) atoms. The molecule has 0 spiro atoms. The molecule has 0 fully saturated rings. The van der Waals surface area contributed by atoms with Gasteiger partial charge in [-0.3, -0.25) is 19.1 Å². The molecule has 0 radical (unpaired) electrons. The topological polar surface area (TPSA) is 120 Å². The minimum absolute atomic E-state index is 0.0905. The van der Waals surface area contributed by atoms with Crippen molar-refractivity contribution in [2.24, 2.45) is 5.92 Å². The lowest BCUT2D eigenvalue weighted by atomic mass is 10.0. The van der Waals surface area contributed by atoms with Gasteiger partial charge in [-0.05, 0) is 31.2 Å². The number of carbonyl (C=O) groups is 3. The molecule has 9 heteroatoms. The highest BCUT2D eigenvalue weighted by atomic mass is 16.2. The molecule has 1 aromatic heterocycles. The standard InChI is InChI=1S/C21H24N6O3/c1-12(2)20(29)24-17-7-15(9-22)5-6-16(17)18-8-19-21(30)26(11-23-14(4)28)10-13(3)27(19)25-18/h5-8,12-13H,10-11H2,1-4H3,(H,23,28)(H,24,29)/t13-/m0/s1. The summed E-state index contributed by atoms with van der Waals surface area (Å²) in [7, 11) is 0. The van der Waals surface area contributed by atoms with Crippen LogP contribution in [0.4, 0.5) is 5.69 Å². The maximum absolute atomic E-state index is 12.9. The predicted octanol–water partition coefficient (Wildman–Crippen LogP) is 2.13. The first kappa shape index (κ1) is 21.0. The fourth-order valence-electron chi connectivity index (χ4n) is 3.22. The fraction of sp³-hybridized carbons (Fsp3) is 0.381. The number of nitrogens with zero attached hydrogens (tertiary/aromatic N) is 4. The van der Waals surface area contributed by atoms with E-state index in [1.54, 1.807) is 47.7 Å². The molecule has 0 saturated carbocycles. The molecule has 3 amide bonds. The summed E-state index contributed by atoms with van der Waals surface area (Å²) in [6.07, 6.45) is 0. The van der Waals surface area contributed by atoms with Gasteiger partial charge in [-0.15, -0.1) is 0 Å². The number of hydrogen-bond acceptors (Lipinski definition) is 5. The van der Waals surface area contributed by atoms with E-state index in [1.165, 1.54) is 6.92 Å². The Hall–Kier alpha value is -3.67. The molecular formula is C21H24N6O3. The number of rotatable bonds is 5. The van der Waals surface area contributed by atoms with Gasteiger partial charge in [0.05, 0.1) is 35.7 Å². The molecule has 1 aliphatic heterocycles. The Morgan fingerprint density at radius 3 is 2.70 bits per heavy atom. The van der Waals surface area contributed by atoms with E-state index in [0.717, 1.165) is 0 Å². The van der Waals surface area contributed by atoms with Gasteiger partial charge in [0.2, 0.25) is 11.8 Å². The Morgan fingerprint density at radius 2 is 2.07 bits per heavy atom. The van der Waals surface area contributed by atoms with E-state index in [-0.39, 0.29) is 36.3 Å². The van der Waals surface area contributed by atoms with Crippen LogP contribution in [0, 0.1) is 17.2 Å². The number of benzene rings is 1. The molecule has 2 heterocycles. The summed E-state index contributed by atoms with van der Waals surface area (Å²) in [5, 5.41) is 19.3. The first-order valence-electron chi connectivity index (χ1n) is 9.70. The lowest BCUT2D eigenvalue weighted by Gasteiger charge is -2.31. The van der Waals surface area contributed by atoms with Crippen LogP contribution in [0.1, 0.15) is 49.8 Å². The number of aromatic nitrogens is 2. The number of anilines is 1. The molecule has 9 nitrogen and oxygen atoms in total.